The minimum atomic E-state index is -7.37. The average molecular weight is 581 g/mol. The molecule has 214 valence electrons. The van der Waals surface area contributed by atoms with Gasteiger partial charge in [-0.3, -0.25) is 0 Å². The molecule has 5 nitrogen and oxygen atoms in total. The molecule has 0 amide bonds. The van der Waals surface area contributed by atoms with E-state index in [1.807, 2.05) is 0 Å². The van der Waals surface area contributed by atoms with Crippen LogP contribution in [-0.2, 0) is 16.4 Å². The number of methoxy groups -OCH3 is 1. The Morgan fingerprint density at radius 3 is 1.82 bits per heavy atom. The Balaban J connectivity index is 2.69. The van der Waals surface area contributed by atoms with Crippen molar-refractivity contribution in [2.24, 2.45) is 4.40 Å². The lowest BCUT2D eigenvalue weighted by Gasteiger charge is -2.35. The van der Waals surface area contributed by atoms with Gasteiger partial charge < -0.3 is 9.64 Å². The molecule has 0 aliphatic rings. The molecule has 0 aliphatic heterocycles. The Kier molecular flexibility index (Phi) is 8.67. The van der Waals surface area contributed by atoms with Crippen LogP contribution in [0.3, 0.4) is 0 Å². The van der Waals surface area contributed by atoms with Gasteiger partial charge in [0.25, 0.3) is 0 Å². The summed E-state index contributed by atoms with van der Waals surface area (Å²) in [5.41, 5.74) is 0.263. The van der Waals surface area contributed by atoms with Gasteiger partial charge in [0, 0.05) is 18.5 Å². The molecule has 15 heteroatoms. The Morgan fingerprint density at radius 2 is 1.34 bits per heavy atom. The van der Waals surface area contributed by atoms with Crippen molar-refractivity contribution in [3.63, 3.8) is 0 Å². The summed E-state index contributed by atoms with van der Waals surface area (Å²) in [4.78, 5) is 1.14. The molecule has 2 aromatic rings. The molecule has 0 atom stereocenters. The molecule has 0 fully saturated rings. The lowest BCUT2D eigenvalue weighted by molar-refractivity contribution is -0.382. The lowest BCUT2D eigenvalue weighted by atomic mass is 10.0. The van der Waals surface area contributed by atoms with Crippen molar-refractivity contribution in [3.8, 4) is 5.75 Å². The van der Waals surface area contributed by atoms with Gasteiger partial charge in [0.1, 0.15) is 11.6 Å². The van der Waals surface area contributed by atoms with Crippen molar-refractivity contribution in [3.05, 3.63) is 42.0 Å². The normalized spacial score (nSPS) is 14.5. The molecule has 0 saturated heterocycles. The van der Waals surface area contributed by atoms with Crippen LogP contribution >= 0.6 is 0 Å². The van der Waals surface area contributed by atoms with E-state index in [4.69, 9.17) is 4.74 Å². The number of hydrogen-bond donors (Lipinski definition) is 0. The number of hydrogen-bond acceptors (Lipinski definition) is 3. The molecule has 0 N–H and O–H groups in total. The topological polar surface area (TPSA) is 59.0 Å². The maximum absolute atomic E-state index is 14.4. The first-order valence-corrected chi connectivity index (χ1v) is 12.4. The van der Waals surface area contributed by atoms with Gasteiger partial charge in [-0.1, -0.05) is 24.3 Å². The van der Waals surface area contributed by atoms with Gasteiger partial charge in [0.05, 0.1) is 7.11 Å². The van der Waals surface area contributed by atoms with Crippen molar-refractivity contribution in [2.75, 3.05) is 7.11 Å². The van der Waals surface area contributed by atoms with Crippen LogP contribution in [0.2, 0.25) is 0 Å². The number of alkyl halides is 9. The maximum atomic E-state index is 14.4. The molecule has 0 unspecified atom stereocenters. The monoisotopic (exact) mass is 580 g/mol. The van der Waals surface area contributed by atoms with E-state index < -0.39 is 57.6 Å². The molecule has 0 heterocycles. The third kappa shape index (κ3) is 5.66. The summed E-state index contributed by atoms with van der Waals surface area (Å²) in [6, 6.07) is 8.09. The Bertz CT molecular complexity index is 1280. The second-order valence-electron chi connectivity index (χ2n) is 8.96. The zero-order chi connectivity index (χ0) is 29.5. The van der Waals surface area contributed by atoms with Crippen LogP contribution in [0, 0.1) is 0 Å². The largest absolute Gasteiger partial charge is 0.497 e. The van der Waals surface area contributed by atoms with E-state index in [0.29, 0.717) is 16.5 Å². The second kappa shape index (κ2) is 10.5. The fourth-order valence-corrected chi connectivity index (χ4v) is 4.78. The first kappa shape index (κ1) is 31.5. The van der Waals surface area contributed by atoms with Crippen molar-refractivity contribution in [1.29, 1.82) is 0 Å². The summed E-state index contributed by atoms with van der Waals surface area (Å²) in [6.07, 6.45) is -7.73. The third-order valence-electron chi connectivity index (χ3n) is 5.55. The van der Waals surface area contributed by atoms with Crippen LogP contribution < -0.4 is 4.74 Å². The first-order chi connectivity index (χ1) is 17.1. The highest BCUT2D eigenvalue weighted by atomic mass is 32.2. The van der Waals surface area contributed by atoms with Crippen LogP contribution in [0.4, 0.5) is 39.5 Å². The average Bonchev–Trinajstić information content (AvgIpc) is 2.76. The smallest absolute Gasteiger partial charge is 0.460 e. The van der Waals surface area contributed by atoms with Gasteiger partial charge in [-0.25, -0.2) is 0 Å². The molecule has 0 spiro atoms. The number of benzene rings is 2. The maximum Gasteiger partial charge on any atom is 0.460 e. The number of sulfonamides is 1. The molecule has 0 aromatic heterocycles. The van der Waals surface area contributed by atoms with E-state index in [1.165, 1.54) is 46.9 Å². The number of nitrogens with zero attached hydrogens (tertiary/aromatic N) is 2. The summed E-state index contributed by atoms with van der Waals surface area (Å²) in [6.45, 7) is 5.94. The fraction of sp³-hybridized carbons (Fsp3) is 0.522. The third-order valence-corrected chi connectivity index (χ3v) is 6.91. The number of fused-ring (bicyclic) bond motifs is 1. The van der Waals surface area contributed by atoms with Gasteiger partial charge in [0.2, 0.25) is 0 Å². The highest BCUT2D eigenvalue weighted by Crippen LogP contribution is 2.55. The zero-order valence-electron chi connectivity index (χ0n) is 20.8. The molecule has 0 radical (unpaired) electrons. The summed E-state index contributed by atoms with van der Waals surface area (Å²) in [5, 5.41) is -5.65. The van der Waals surface area contributed by atoms with Crippen LogP contribution in [0.5, 0.6) is 5.75 Å². The van der Waals surface area contributed by atoms with Gasteiger partial charge >= 0.3 is 33.3 Å². The van der Waals surface area contributed by atoms with Crippen molar-refractivity contribution >= 4 is 26.6 Å². The predicted octanol–water partition coefficient (Wildman–Crippen LogP) is 6.66. The van der Waals surface area contributed by atoms with Crippen LogP contribution in [0.25, 0.3) is 10.8 Å². The minimum absolute atomic E-state index is 0.263. The highest BCUT2D eigenvalue weighted by Gasteiger charge is 2.85. The van der Waals surface area contributed by atoms with Crippen molar-refractivity contribution in [2.45, 2.75) is 69.5 Å². The summed E-state index contributed by atoms with van der Waals surface area (Å²) in [5.74, 6) is -15.0. The fourth-order valence-electron chi connectivity index (χ4n) is 3.77. The summed E-state index contributed by atoms with van der Waals surface area (Å²) < 4.78 is 153. The standard InChI is InChI=1S/C23H25F9N2O3S/c1-13(2)34(14(3)4)19(11-15-6-7-17-12-18(37-5)9-8-16(17)10-15)33-38(35,36)23(31,32)21(26,27)20(24,25)22(28,29)30/h6-10,12-14H,11H2,1-5H3/b33-19-. The zero-order valence-corrected chi connectivity index (χ0v) is 21.6. The lowest BCUT2D eigenvalue weighted by Crippen LogP contribution is -2.63. The molecule has 0 saturated carbocycles. The van der Waals surface area contributed by atoms with Crippen LogP contribution in [-0.4, -0.2) is 61.6 Å². The van der Waals surface area contributed by atoms with Crippen LogP contribution in [0.1, 0.15) is 33.3 Å². The minimum Gasteiger partial charge on any atom is -0.497 e. The van der Waals surface area contributed by atoms with Crippen molar-refractivity contribution in [1.82, 2.24) is 4.90 Å². The molecular formula is C23H25F9N2O3S. The first-order valence-electron chi connectivity index (χ1n) is 11.0. The molecule has 2 aromatic carbocycles. The van der Waals surface area contributed by atoms with E-state index in [-0.39, 0.29) is 5.56 Å². The van der Waals surface area contributed by atoms with Gasteiger partial charge in [-0.05, 0) is 56.2 Å². The summed E-state index contributed by atoms with van der Waals surface area (Å²) in [7, 11) is -5.54. The molecule has 0 aliphatic carbocycles. The SMILES string of the molecule is COc1ccc2cc(C/C(=N/S(=O)(=O)C(F)(F)C(F)(F)C(F)(F)C(F)(F)F)N(C(C)C)C(C)C)ccc2c1. The number of halogens is 9. The molecule has 0 bridgehead atoms. The van der Waals surface area contributed by atoms with Gasteiger partial charge in [0.15, 0.2) is 0 Å². The van der Waals surface area contributed by atoms with E-state index >= 15 is 0 Å². The van der Waals surface area contributed by atoms with Gasteiger partial charge in [-0.2, -0.15) is 47.9 Å². The van der Waals surface area contributed by atoms with E-state index in [1.54, 1.807) is 24.3 Å². The number of amidine groups is 1. The molecule has 2 rings (SSSR count). The Morgan fingerprint density at radius 1 is 0.842 bits per heavy atom. The molecule has 38 heavy (non-hydrogen) atoms. The van der Waals surface area contributed by atoms with E-state index in [0.717, 1.165) is 4.90 Å². The van der Waals surface area contributed by atoms with Gasteiger partial charge in [-0.15, -0.1) is 4.40 Å². The number of ether oxygens (including phenoxy) is 1. The van der Waals surface area contributed by atoms with E-state index in [9.17, 15) is 47.9 Å². The quantitative estimate of drug-likeness (QED) is 0.189. The van der Waals surface area contributed by atoms with Crippen LogP contribution in [0.15, 0.2) is 40.8 Å². The predicted molar refractivity (Wildman–Crippen MR) is 124 cm³/mol. The van der Waals surface area contributed by atoms with E-state index in [2.05, 4.69) is 4.40 Å². The summed E-state index contributed by atoms with van der Waals surface area (Å²) >= 11 is 0. The Hall–Kier alpha value is -2.71. The highest BCUT2D eigenvalue weighted by molar-refractivity contribution is 7.91. The van der Waals surface area contributed by atoms with Crippen molar-refractivity contribution < 1.29 is 52.7 Å². The molecular weight excluding hydrogens is 555 g/mol. The number of rotatable bonds is 9. The second-order valence-corrected chi connectivity index (χ2v) is 10.6. The Labute approximate surface area is 213 Å².